The summed E-state index contributed by atoms with van der Waals surface area (Å²) < 4.78 is 5.43. The van der Waals surface area contributed by atoms with Crippen LogP contribution in [0.25, 0.3) is 0 Å². The zero-order valence-electron chi connectivity index (χ0n) is 19.6. The average Bonchev–Trinajstić information content (AvgIpc) is 2.98. The number of thioether (sulfide) groups is 1. The van der Waals surface area contributed by atoms with E-state index in [0.29, 0.717) is 43.2 Å². The number of nitrogens with one attached hydrogen (secondary N) is 2. The van der Waals surface area contributed by atoms with Gasteiger partial charge in [0.1, 0.15) is 6.04 Å². The van der Waals surface area contributed by atoms with Crippen LogP contribution in [0.1, 0.15) is 65.2 Å². The second-order valence-corrected chi connectivity index (χ2v) is 10.5. The Balaban J connectivity index is 1.65. The normalized spacial score (nSPS) is 25.6. The molecule has 1 saturated carbocycles. The molecule has 3 rings (SSSR count). The van der Waals surface area contributed by atoms with Crippen LogP contribution in [0, 0.1) is 17.8 Å². The molecule has 32 heavy (non-hydrogen) atoms. The predicted molar refractivity (Wildman–Crippen MR) is 126 cm³/mol. The first-order chi connectivity index (χ1) is 15.4. The fraction of sp³-hybridized carbons (Fsp3) is 0.826. The molecule has 2 atom stereocenters. The summed E-state index contributed by atoms with van der Waals surface area (Å²) in [6, 6.07) is -0.479. The number of carbonyl (C=O) groups excluding carboxylic acids is 3. The Hall–Kier alpha value is -1.61. The molecule has 3 fully saturated rings. The molecule has 3 aliphatic rings. The SMILES string of the molecule is CC(C)[C@@H]1CSC(=NNC(=O)C(=O)C(NC(=O)C2CCCCCC2)C2CCOCC2)N1C. The van der Waals surface area contributed by atoms with Crippen molar-refractivity contribution in [3.63, 3.8) is 0 Å². The van der Waals surface area contributed by atoms with Crippen LogP contribution in [0.3, 0.4) is 0 Å². The quantitative estimate of drug-likeness (QED) is 0.340. The first-order valence-electron chi connectivity index (χ1n) is 12.0. The summed E-state index contributed by atoms with van der Waals surface area (Å²) in [5.74, 6) is -0.285. The van der Waals surface area contributed by atoms with Gasteiger partial charge in [-0.1, -0.05) is 51.3 Å². The molecule has 0 bridgehead atoms. The third-order valence-electron chi connectivity index (χ3n) is 6.97. The molecule has 9 heteroatoms. The topological polar surface area (TPSA) is 100 Å². The van der Waals surface area contributed by atoms with Crippen molar-refractivity contribution in [3.05, 3.63) is 0 Å². The largest absolute Gasteiger partial charge is 0.381 e. The number of ketones is 1. The summed E-state index contributed by atoms with van der Waals surface area (Å²) >= 11 is 1.57. The zero-order chi connectivity index (χ0) is 23.1. The highest BCUT2D eigenvalue weighted by Gasteiger charge is 2.37. The number of hydrazone groups is 1. The van der Waals surface area contributed by atoms with Gasteiger partial charge in [-0.3, -0.25) is 14.4 Å². The average molecular weight is 467 g/mol. The number of rotatable bonds is 7. The minimum absolute atomic E-state index is 0.0764. The predicted octanol–water partition coefficient (Wildman–Crippen LogP) is 2.53. The molecule has 2 heterocycles. The van der Waals surface area contributed by atoms with Crippen LogP contribution in [0.15, 0.2) is 5.10 Å². The van der Waals surface area contributed by atoms with Crippen molar-refractivity contribution in [3.8, 4) is 0 Å². The van der Waals surface area contributed by atoms with Gasteiger partial charge < -0.3 is 15.0 Å². The maximum Gasteiger partial charge on any atom is 0.309 e. The molecule has 180 valence electrons. The summed E-state index contributed by atoms with van der Waals surface area (Å²) in [7, 11) is 1.95. The fourth-order valence-electron chi connectivity index (χ4n) is 4.82. The number of hydrogen-bond acceptors (Lipinski definition) is 6. The molecule has 2 aliphatic heterocycles. The highest BCUT2D eigenvalue weighted by atomic mass is 32.2. The standard InChI is InChI=1S/C23H38N4O4S/c1-15(2)18-14-32-23(27(18)3)26-25-22(30)20(28)19(16-10-12-31-13-11-16)24-21(29)17-8-6-4-5-7-9-17/h15-19H,4-14H2,1-3H3,(H,24,29)(H,25,30)/t18-,19?/m0/s1. The van der Waals surface area contributed by atoms with E-state index in [0.717, 1.165) is 44.3 Å². The number of amides is 2. The second-order valence-electron chi connectivity index (χ2n) is 9.56. The third-order valence-corrected chi connectivity index (χ3v) is 8.12. The van der Waals surface area contributed by atoms with Gasteiger partial charge in [0, 0.05) is 38.0 Å². The molecule has 8 nitrogen and oxygen atoms in total. The van der Waals surface area contributed by atoms with Crippen LogP contribution in [0.4, 0.5) is 0 Å². The lowest BCUT2D eigenvalue weighted by Gasteiger charge is -2.30. The van der Waals surface area contributed by atoms with Crippen molar-refractivity contribution >= 4 is 34.5 Å². The van der Waals surface area contributed by atoms with Crippen molar-refractivity contribution in [2.45, 2.75) is 77.3 Å². The minimum Gasteiger partial charge on any atom is -0.381 e. The van der Waals surface area contributed by atoms with Crippen molar-refractivity contribution in [2.75, 3.05) is 26.0 Å². The summed E-state index contributed by atoms with van der Waals surface area (Å²) in [4.78, 5) is 40.9. The maximum absolute atomic E-state index is 13.1. The maximum atomic E-state index is 13.1. The van der Waals surface area contributed by atoms with Crippen LogP contribution >= 0.6 is 11.8 Å². The van der Waals surface area contributed by atoms with Crippen molar-refractivity contribution in [2.24, 2.45) is 22.9 Å². The molecule has 0 aromatic carbocycles. The summed E-state index contributed by atoms with van der Waals surface area (Å²) in [6.45, 7) is 5.38. The highest BCUT2D eigenvalue weighted by Crippen LogP contribution is 2.27. The van der Waals surface area contributed by atoms with Crippen LogP contribution < -0.4 is 10.7 Å². The Morgan fingerprint density at radius 1 is 1.06 bits per heavy atom. The van der Waals surface area contributed by atoms with E-state index in [1.807, 2.05) is 11.9 Å². The Morgan fingerprint density at radius 3 is 2.31 bits per heavy atom. The second kappa shape index (κ2) is 12.0. The van der Waals surface area contributed by atoms with E-state index in [1.165, 1.54) is 0 Å². The molecule has 0 aromatic rings. The van der Waals surface area contributed by atoms with E-state index in [-0.39, 0.29) is 17.7 Å². The molecule has 2 N–H and O–H groups in total. The first-order valence-corrected chi connectivity index (χ1v) is 13.0. The monoisotopic (exact) mass is 466 g/mol. The molecule has 1 unspecified atom stereocenters. The number of hydrogen-bond donors (Lipinski definition) is 2. The Morgan fingerprint density at radius 2 is 1.72 bits per heavy atom. The number of ether oxygens (including phenoxy) is 1. The van der Waals surface area contributed by atoms with Gasteiger partial charge in [-0.2, -0.15) is 0 Å². The van der Waals surface area contributed by atoms with Gasteiger partial charge in [-0.05, 0) is 37.5 Å². The smallest absolute Gasteiger partial charge is 0.309 e. The van der Waals surface area contributed by atoms with Gasteiger partial charge in [0.25, 0.3) is 0 Å². The van der Waals surface area contributed by atoms with E-state index in [2.05, 4.69) is 29.7 Å². The molecular formula is C23H38N4O4S. The number of Topliss-reactive ketones (excluding diaryl/α,β-unsaturated/α-hetero) is 1. The lowest BCUT2D eigenvalue weighted by atomic mass is 9.87. The van der Waals surface area contributed by atoms with Crippen molar-refractivity contribution in [1.82, 2.24) is 15.6 Å². The molecule has 2 saturated heterocycles. The van der Waals surface area contributed by atoms with Crippen LogP contribution in [-0.4, -0.2) is 65.8 Å². The Bertz CT molecular complexity index is 700. The molecule has 1 aliphatic carbocycles. The lowest BCUT2D eigenvalue weighted by molar-refractivity contribution is -0.142. The van der Waals surface area contributed by atoms with Crippen LogP contribution in [0.5, 0.6) is 0 Å². The summed E-state index contributed by atoms with van der Waals surface area (Å²) in [5.41, 5.74) is 2.45. The van der Waals surface area contributed by atoms with Crippen LogP contribution in [-0.2, 0) is 19.1 Å². The lowest BCUT2D eigenvalue weighted by Crippen LogP contribution is -2.53. The third kappa shape index (κ3) is 6.47. The Kier molecular flexibility index (Phi) is 9.40. The van der Waals surface area contributed by atoms with Gasteiger partial charge in [0.15, 0.2) is 5.17 Å². The van der Waals surface area contributed by atoms with Gasteiger partial charge in [-0.25, -0.2) is 5.43 Å². The van der Waals surface area contributed by atoms with Crippen molar-refractivity contribution in [1.29, 1.82) is 0 Å². The Labute approximate surface area is 195 Å². The van der Waals surface area contributed by atoms with E-state index in [1.54, 1.807) is 11.8 Å². The number of amidine groups is 1. The molecule has 0 spiro atoms. The van der Waals surface area contributed by atoms with E-state index in [9.17, 15) is 14.4 Å². The van der Waals surface area contributed by atoms with Gasteiger partial charge in [0.2, 0.25) is 11.7 Å². The molecule has 0 aromatic heterocycles. The van der Waals surface area contributed by atoms with E-state index in [4.69, 9.17) is 4.74 Å². The van der Waals surface area contributed by atoms with Gasteiger partial charge in [0.05, 0.1) is 0 Å². The zero-order valence-corrected chi connectivity index (χ0v) is 20.4. The van der Waals surface area contributed by atoms with Gasteiger partial charge >= 0.3 is 5.91 Å². The van der Waals surface area contributed by atoms with E-state index >= 15 is 0 Å². The number of nitrogens with zero attached hydrogens (tertiary/aromatic N) is 2. The van der Waals surface area contributed by atoms with Gasteiger partial charge in [-0.15, -0.1) is 5.10 Å². The van der Waals surface area contributed by atoms with E-state index < -0.39 is 17.7 Å². The number of carbonyl (C=O) groups is 3. The fourth-order valence-corrected chi connectivity index (χ4v) is 6.20. The molecule has 2 amide bonds. The highest BCUT2D eigenvalue weighted by molar-refractivity contribution is 8.14. The minimum atomic E-state index is -0.827. The first kappa shape index (κ1) is 25.0. The summed E-state index contributed by atoms with van der Waals surface area (Å²) in [5, 5.41) is 7.87. The van der Waals surface area contributed by atoms with Crippen LogP contribution in [0.2, 0.25) is 0 Å². The molecule has 0 radical (unpaired) electrons. The summed E-state index contributed by atoms with van der Waals surface area (Å²) in [6.07, 6.45) is 7.37. The van der Waals surface area contributed by atoms with Crippen molar-refractivity contribution < 1.29 is 19.1 Å². The molecular weight excluding hydrogens is 428 g/mol.